The van der Waals surface area contributed by atoms with E-state index < -0.39 is 0 Å². The van der Waals surface area contributed by atoms with Gasteiger partial charge >= 0.3 is 0 Å². The lowest BCUT2D eigenvalue weighted by Crippen LogP contribution is -2.46. The van der Waals surface area contributed by atoms with Gasteiger partial charge in [-0.1, -0.05) is 18.2 Å². The standard InChI is InChI=1S/C24H35NO/c1-2-6-23(26-12-11-25-9-3-4-10-25)22(5-1)7-8-24-16-19-13-20(17-24)15-21(14-19)18-24/h1-2,5-6,19-21H,3-4,7-18H2. The third-order valence-electron chi connectivity index (χ3n) is 7.93. The number of nitrogens with zero attached hydrogens (tertiary/aromatic N) is 1. The summed E-state index contributed by atoms with van der Waals surface area (Å²) in [6.07, 6.45) is 14.6. The van der Waals surface area contributed by atoms with Crippen LogP contribution in [0.5, 0.6) is 5.75 Å². The summed E-state index contributed by atoms with van der Waals surface area (Å²) in [7, 11) is 0. The number of aryl methyl sites for hydroxylation is 1. The monoisotopic (exact) mass is 353 g/mol. The van der Waals surface area contributed by atoms with E-state index in [1.54, 1.807) is 19.3 Å². The highest BCUT2D eigenvalue weighted by molar-refractivity contribution is 5.33. The van der Waals surface area contributed by atoms with E-state index >= 15 is 0 Å². The van der Waals surface area contributed by atoms with E-state index in [2.05, 4.69) is 29.2 Å². The molecule has 1 heterocycles. The zero-order chi connectivity index (χ0) is 17.4. The molecule has 0 spiro atoms. The van der Waals surface area contributed by atoms with Crippen molar-refractivity contribution in [3.63, 3.8) is 0 Å². The van der Waals surface area contributed by atoms with Crippen molar-refractivity contribution in [2.75, 3.05) is 26.2 Å². The first-order chi connectivity index (χ1) is 12.8. The molecule has 6 rings (SSSR count). The van der Waals surface area contributed by atoms with Gasteiger partial charge in [-0.05, 0) is 112 Å². The van der Waals surface area contributed by atoms with Crippen molar-refractivity contribution in [1.82, 2.24) is 4.90 Å². The molecular weight excluding hydrogens is 318 g/mol. The van der Waals surface area contributed by atoms with Gasteiger partial charge in [0.15, 0.2) is 0 Å². The van der Waals surface area contributed by atoms with E-state index in [0.717, 1.165) is 36.7 Å². The second kappa shape index (κ2) is 7.19. The van der Waals surface area contributed by atoms with Crippen LogP contribution < -0.4 is 4.74 Å². The molecule has 0 atom stereocenters. The largest absolute Gasteiger partial charge is 0.492 e. The molecular formula is C24H35NO. The maximum atomic E-state index is 6.23. The highest BCUT2D eigenvalue weighted by atomic mass is 16.5. The van der Waals surface area contributed by atoms with E-state index in [-0.39, 0.29) is 0 Å². The van der Waals surface area contributed by atoms with Gasteiger partial charge in [-0.3, -0.25) is 4.90 Å². The van der Waals surface area contributed by atoms with Crippen LogP contribution in [0.2, 0.25) is 0 Å². The van der Waals surface area contributed by atoms with Gasteiger partial charge < -0.3 is 4.74 Å². The molecule has 0 radical (unpaired) electrons. The second-order valence-electron chi connectivity index (χ2n) is 9.92. The molecule has 1 aliphatic heterocycles. The lowest BCUT2D eigenvalue weighted by Gasteiger charge is -2.57. The minimum absolute atomic E-state index is 0.678. The molecule has 1 aromatic rings. The lowest BCUT2D eigenvalue weighted by atomic mass is 9.48. The van der Waals surface area contributed by atoms with Crippen molar-refractivity contribution in [2.24, 2.45) is 23.2 Å². The number of hydrogen-bond acceptors (Lipinski definition) is 2. The maximum Gasteiger partial charge on any atom is 0.122 e. The van der Waals surface area contributed by atoms with Gasteiger partial charge in [0.1, 0.15) is 12.4 Å². The number of likely N-dealkylation sites (tertiary alicyclic amines) is 1. The van der Waals surface area contributed by atoms with Crippen LogP contribution in [0, 0.1) is 23.2 Å². The van der Waals surface area contributed by atoms with E-state index in [1.165, 1.54) is 63.6 Å². The fourth-order valence-corrected chi connectivity index (χ4v) is 7.14. The maximum absolute atomic E-state index is 6.23. The number of para-hydroxylation sites is 1. The molecule has 142 valence electrons. The fraction of sp³-hybridized carbons (Fsp3) is 0.750. The number of hydrogen-bond donors (Lipinski definition) is 0. The first kappa shape index (κ1) is 17.1. The predicted molar refractivity (Wildman–Crippen MR) is 107 cm³/mol. The molecule has 1 saturated heterocycles. The lowest BCUT2D eigenvalue weighted by molar-refractivity contribution is -0.0570. The summed E-state index contributed by atoms with van der Waals surface area (Å²) in [6.45, 7) is 4.45. The van der Waals surface area contributed by atoms with Gasteiger partial charge in [0.25, 0.3) is 0 Å². The van der Waals surface area contributed by atoms with Crippen molar-refractivity contribution >= 4 is 0 Å². The summed E-state index contributed by atoms with van der Waals surface area (Å²) in [5.41, 5.74) is 2.13. The van der Waals surface area contributed by atoms with E-state index in [1.807, 2.05) is 0 Å². The Morgan fingerprint density at radius 1 is 0.923 bits per heavy atom. The Kier molecular flexibility index (Phi) is 4.73. The minimum atomic E-state index is 0.678. The minimum Gasteiger partial charge on any atom is -0.492 e. The van der Waals surface area contributed by atoms with Crippen molar-refractivity contribution in [1.29, 1.82) is 0 Å². The van der Waals surface area contributed by atoms with Gasteiger partial charge in [0.05, 0.1) is 0 Å². The summed E-state index contributed by atoms with van der Waals surface area (Å²) in [6, 6.07) is 8.84. The third kappa shape index (κ3) is 3.54. The molecule has 2 heteroatoms. The number of benzene rings is 1. The Morgan fingerprint density at radius 2 is 1.58 bits per heavy atom. The molecule has 0 N–H and O–H groups in total. The predicted octanol–water partition coefficient (Wildman–Crippen LogP) is 5.31. The molecule has 4 bridgehead atoms. The van der Waals surface area contributed by atoms with Crippen molar-refractivity contribution in [2.45, 2.75) is 64.2 Å². The average molecular weight is 354 g/mol. The fourth-order valence-electron chi connectivity index (χ4n) is 7.14. The highest BCUT2D eigenvalue weighted by Crippen LogP contribution is 2.61. The summed E-state index contributed by atoms with van der Waals surface area (Å²) in [5, 5.41) is 0. The summed E-state index contributed by atoms with van der Waals surface area (Å²) in [5.74, 6) is 4.34. The van der Waals surface area contributed by atoms with Crippen LogP contribution in [-0.4, -0.2) is 31.1 Å². The number of ether oxygens (including phenoxy) is 1. The smallest absolute Gasteiger partial charge is 0.122 e. The molecule has 0 aromatic heterocycles. The average Bonchev–Trinajstić information content (AvgIpc) is 3.13. The Balaban J connectivity index is 1.19. The Hall–Kier alpha value is -1.02. The summed E-state index contributed by atoms with van der Waals surface area (Å²) < 4.78 is 6.23. The van der Waals surface area contributed by atoms with E-state index in [4.69, 9.17) is 4.74 Å². The van der Waals surface area contributed by atoms with Crippen molar-refractivity contribution < 1.29 is 4.74 Å². The van der Waals surface area contributed by atoms with Crippen molar-refractivity contribution in [3.8, 4) is 5.75 Å². The van der Waals surface area contributed by atoms with Crippen LogP contribution >= 0.6 is 0 Å². The molecule has 0 amide bonds. The molecule has 5 aliphatic rings. The van der Waals surface area contributed by atoms with Crippen LogP contribution in [0.4, 0.5) is 0 Å². The van der Waals surface area contributed by atoms with E-state index in [0.29, 0.717) is 5.41 Å². The molecule has 4 aliphatic carbocycles. The normalized spacial score (nSPS) is 35.9. The van der Waals surface area contributed by atoms with Crippen molar-refractivity contribution in [3.05, 3.63) is 29.8 Å². The van der Waals surface area contributed by atoms with E-state index in [9.17, 15) is 0 Å². The Labute approximate surface area is 159 Å². The van der Waals surface area contributed by atoms with Gasteiger partial charge in [0.2, 0.25) is 0 Å². The first-order valence-electron chi connectivity index (χ1n) is 11.2. The SMILES string of the molecule is c1ccc(OCCN2CCCC2)c(CCC23CC4CC(CC(C4)C2)C3)c1. The molecule has 0 unspecified atom stereocenters. The van der Waals surface area contributed by atoms with Crippen LogP contribution in [0.25, 0.3) is 0 Å². The second-order valence-corrected chi connectivity index (χ2v) is 9.92. The summed E-state index contributed by atoms with van der Waals surface area (Å²) in [4.78, 5) is 2.54. The van der Waals surface area contributed by atoms with Gasteiger partial charge in [-0.2, -0.15) is 0 Å². The van der Waals surface area contributed by atoms with Gasteiger partial charge in [-0.25, -0.2) is 0 Å². The number of rotatable bonds is 7. The zero-order valence-electron chi connectivity index (χ0n) is 16.3. The Bertz CT molecular complexity index is 583. The molecule has 4 saturated carbocycles. The van der Waals surface area contributed by atoms with Gasteiger partial charge in [0, 0.05) is 6.54 Å². The van der Waals surface area contributed by atoms with Gasteiger partial charge in [-0.15, -0.1) is 0 Å². The van der Waals surface area contributed by atoms with Crippen LogP contribution in [0.15, 0.2) is 24.3 Å². The van der Waals surface area contributed by atoms with Crippen LogP contribution in [-0.2, 0) is 6.42 Å². The van der Waals surface area contributed by atoms with Crippen LogP contribution in [0.3, 0.4) is 0 Å². The zero-order valence-corrected chi connectivity index (χ0v) is 16.3. The summed E-state index contributed by atoms with van der Waals surface area (Å²) >= 11 is 0. The van der Waals surface area contributed by atoms with Crippen LogP contribution in [0.1, 0.15) is 63.4 Å². The molecule has 1 aromatic carbocycles. The molecule has 26 heavy (non-hydrogen) atoms. The first-order valence-corrected chi connectivity index (χ1v) is 11.2. The third-order valence-corrected chi connectivity index (χ3v) is 7.93. The quantitative estimate of drug-likeness (QED) is 0.658. The topological polar surface area (TPSA) is 12.5 Å². The molecule has 5 fully saturated rings. The Morgan fingerprint density at radius 3 is 2.27 bits per heavy atom. The molecule has 2 nitrogen and oxygen atoms in total. The highest BCUT2D eigenvalue weighted by Gasteiger charge is 2.50.